The van der Waals surface area contributed by atoms with E-state index in [1.165, 1.54) is 19.2 Å². The molecular formula is C29H31F3N4O6S. The molecule has 4 rings (SSSR count). The van der Waals surface area contributed by atoms with Gasteiger partial charge in [-0.3, -0.25) is 4.79 Å². The average Bonchev–Trinajstić information content (AvgIpc) is 3.62. The van der Waals surface area contributed by atoms with Crippen LogP contribution >= 0.6 is 11.8 Å². The molecule has 230 valence electrons. The second kappa shape index (κ2) is 13.0. The second-order valence-corrected chi connectivity index (χ2v) is 11.4. The topological polar surface area (TPSA) is 134 Å². The lowest BCUT2D eigenvalue weighted by Gasteiger charge is -2.30. The predicted molar refractivity (Wildman–Crippen MR) is 154 cm³/mol. The van der Waals surface area contributed by atoms with Crippen LogP contribution in [-0.4, -0.2) is 75.5 Å². The van der Waals surface area contributed by atoms with E-state index in [0.29, 0.717) is 35.6 Å². The van der Waals surface area contributed by atoms with E-state index in [9.17, 15) is 32.7 Å². The zero-order valence-electron chi connectivity index (χ0n) is 23.8. The monoisotopic (exact) mass is 620 g/mol. The van der Waals surface area contributed by atoms with E-state index in [-0.39, 0.29) is 34.2 Å². The fourth-order valence-corrected chi connectivity index (χ4v) is 5.62. The molecular weight excluding hydrogens is 589 g/mol. The molecule has 1 aromatic heterocycles. The molecule has 1 fully saturated rings. The summed E-state index contributed by atoms with van der Waals surface area (Å²) in [5.74, 6) is -1.87. The van der Waals surface area contributed by atoms with Crippen molar-refractivity contribution in [2.24, 2.45) is 5.92 Å². The van der Waals surface area contributed by atoms with Gasteiger partial charge < -0.3 is 29.8 Å². The highest BCUT2D eigenvalue weighted by atomic mass is 32.2. The first-order valence-electron chi connectivity index (χ1n) is 13.3. The summed E-state index contributed by atoms with van der Waals surface area (Å²) in [4.78, 5) is 46.3. The molecule has 2 heterocycles. The summed E-state index contributed by atoms with van der Waals surface area (Å²) in [6.45, 7) is 4.15. The maximum atomic E-state index is 13.6. The summed E-state index contributed by atoms with van der Waals surface area (Å²) in [7, 11) is 1.24. The maximum absolute atomic E-state index is 13.6. The first-order chi connectivity index (χ1) is 20.3. The molecule has 0 radical (unpaired) electrons. The number of imidazole rings is 1. The predicted octanol–water partition coefficient (Wildman–Crippen LogP) is 5.73. The number of carbonyl (C=O) groups is 3. The molecule has 2 aromatic carbocycles. The van der Waals surface area contributed by atoms with Gasteiger partial charge in [0.05, 0.1) is 30.6 Å². The lowest BCUT2D eigenvalue weighted by atomic mass is 10.0. The molecule has 3 aromatic rings. The lowest BCUT2D eigenvalue weighted by Crippen LogP contribution is -2.51. The minimum Gasteiger partial charge on any atom is -0.478 e. The number of nitrogens with zero attached hydrogens (tertiary/aromatic N) is 2. The SMILES string of the molecule is COC(=O)NC(C(=O)N1C[C@@H](SC)C[C@H]1c1ncc(-c2ccc(-c3ccc(C(=O)O)cc3OC(F)(F)F)cc2)[nH]1)C(C)C. The standard InChI is InChI=1S/C29H31F3N4O6S/c1-15(2)24(35-28(40)41-3)26(37)36-14-19(43-4)12-22(36)25-33-13-21(34-25)17-7-5-16(6-8-17)20-10-9-18(27(38)39)11-23(20)42-29(30,31)32/h5-11,13,15,19,22,24H,12,14H2,1-4H3,(H,33,34)(H,35,40)(H,38,39)/t19-,22-,24?/m0/s1. The van der Waals surface area contributed by atoms with E-state index in [1.807, 2.05) is 20.1 Å². The van der Waals surface area contributed by atoms with Gasteiger partial charge in [0.2, 0.25) is 5.91 Å². The van der Waals surface area contributed by atoms with E-state index in [4.69, 9.17) is 4.74 Å². The molecule has 1 unspecified atom stereocenters. The number of hydrogen-bond acceptors (Lipinski definition) is 7. The number of carboxylic acids is 1. The number of methoxy groups -OCH3 is 1. The van der Waals surface area contributed by atoms with Gasteiger partial charge in [0, 0.05) is 17.4 Å². The van der Waals surface area contributed by atoms with E-state index in [0.717, 1.165) is 6.07 Å². The van der Waals surface area contributed by atoms with Gasteiger partial charge in [0.15, 0.2) is 0 Å². The Morgan fingerprint density at radius 3 is 2.40 bits per heavy atom. The Hall–Kier alpha value is -4.20. The molecule has 10 nitrogen and oxygen atoms in total. The van der Waals surface area contributed by atoms with Crippen LogP contribution in [0.4, 0.5) is 18.0 Å². The van der Waals surface area contributed by atoms with Crippen molar-refractivity contribution in [2.45, 2.75) is 44.0 Å². The molecule has 0 spiro atoms. The Labute approximate surface area is 250 Å². The number of aromatic amines is 1. The van der Waals surface area contributed by atoms with Crippen molar-refractivity contribution in [1.29, 1.82) is 0 Å². The summed E-state index contributed by atoms with van der Waals surface area (Å²) < 4.78 is 47.9. The van der Waals surface area contributed by atoms with Crippen molar-refractivity contribution < 1.29 is 42.1 Å². The Morgan fingerprint density at radius 1 is 1.14 bits per heavy atom. The molecule has 2 amide bonds. The van der Waals surface area contributed by atoms with Gasteiger partial charge in [-0.2, -0.15) is 11.8 Å². The number of rotatable bonds is 9. The molecule has 14 heteroatoms. The van der Waals surface area contributed by atoms with Crippen molar-refractivity contribution >= 4 is 29.7 Å². The maximum Gasteiger partial charge on any atom is 0.573 e. The highest BCUT2D eigenvalue weighted by molar-refractivity contribution is 7.99. The number of ether oxygens (including phenoxy) is 2. The third-order valence-electron chi connectivity index (χ3n) is 7.14. The van der Waals surface area contributed by atoms with Gasteiger partial charge in [-0.1, -0.05) is 38.1 Å². The van der Waals surface area contributed by atoms with Crippen molar-refractivity contribution in [3.8, 4) is 28.1 Å². The highest BCUT2D eigenvalue weighted by Crippen LogP contribution is 2.38. The molecule has 1 aliphatic heterocycles. The number of carboxylic acid groups (broad SMARTS) is 1. The molecule has 1 aliphatic rings. The normalized spacial score (nSPS) is 17.5. The van der Waals surface area contributed by atoms with Crippen LogP contribution in [-0.2, 0) is 9.53 Å². The van der Waals surface area contributed by atoms with E-state index in [1.54, 1.807) is 47.1 Å². The third-order valence-corrected chi connectivity index (χ3v) is 8.15. The van der Waals surface area contributed by atoms with Crippen LogP contribution in [0.15, 0.2) is 48.7 Å². The Bertz CT molecular complexity index is 1480. The van der Waals surface area contributed by atoms with Crippen molar-refractivity contribution in [3.05, 3.63) is 60.0 Å². The summed E-state index contributed by atoms with van der Waals surface area (Å²) >= 11 is 1.64. The van der Waals surface area contributed by atoms with Crippen LogP contribution in [0, 0.1) is 5.92 Å². The van der Waals surface area contributed by atoms with Crippen LogP contribution < -0.4 is 10.1 Å². The quantitative estimate of drug-likeness (QED) is 0.276. The number of alkyl carbamates (subject to hydrolysis) is 1. The fourth-order valence-electron chi connectivity index (χ4n) is 4.93. The number of amides is 2. The summed E-state index contributed by atoms with van der Waals surface area (Å²) in [5, 5.41) is 12.0. The number of benzene rings is 2. The number of aromatic carboxylic acids is 1. The molecule has 0 bridgehead atoms. The van der Waals surface area contributed by atoms with Crippen molar-refractivity contribution in [1.82, 2.24) is 20.2 Å². The number of thioether (sulfide) groups is 1. The fraction of sp³-hybridized carbons (Fsp3) is 0.379. The molecule has 3 N–H and O–H groups in total. The molecule has 1 saturated heterocycles. The summed E-state index contributed by atoms with van der Waals surface area (Å²) in [6.07, 6.45) is -1.46. The van der Waals surface area contributed by atoms with Crippen LogP contribution in [0.3, 0.4) is 0 Å². The molecule has 3 atom stereocenters. The Kier molecular flexibility index (Phi) is 9.58. The number of aromatic nitrogens is 2. The van der Waals surface area contributed by atoms with Crippen LogP contribution in [0.5, 0.6) is 5.75 Å². The largest absolute Gasteiger partial charge is 0.573 e. The third kappa shape index (κ3) is 7.42. The van der Waals surface area contributed by atoms with Crippen molar-refractivity contribution in [3.63, 3.8) is 0 Å². The van der Waals surface area contributed by atoms with Gasteiger partial charge in [-0.05, 0) is 47.9 Å². The Balaban J connectivity index is 1.59. The zero-order chi connectivity index (χ0) is 31.5. The van der Waals surface area contributed by atoms with Gasteiger partial charge in [-0.25, -0.2) is 14.6 Å². The second-order valence-electron chi connectivity index (χ2n) is 10.3. The van der Waals surface area contributed by atoms with Crippen LogP contribution in [0.2, 0.25) is 0 Å². The van der Waals surface area contributed by atoms with Gasteiger partial charge in [-0.15, -0.1) is 13.2 Å². The number of hydrogen-bond donors (Lipinski definition) is 3. The van der Waals surface area contributed by atoms with Gasteiger partial charge in [0.1, 0.15) is 17.6 Å². The van der Waals surface area contributed by atoms with Crippen LogP contribution in [0.25, 0.3) is 22.4 Å². The molecule has 0 saturated carbocycles. The van der Waals surface area contributed by atoms with Crippen molar-refractivity contribution in [2.75, 3.05) is 19.9 Å². The summed E-state index contributed by atoms with van der Waals surface area (Å²) in [5.41, 5.74) is 1.43. The zero-order valence-corrected chi connectivity index (χ0v) is 24.6. The average molecular weight is 621 g/mol. The lowest BCUT2D eigenvalue weighted by molar-refractivity contribution is -0.274. The minimum atomic E-state index is -5.01. The highest BCUT2D eigenvalue weighted by Gasteiger charge is 2.41. The van der Waals surface area contributed by atoms with Crippen LogP contribution in [0.1, 0.15) is 42.5 Å². The van der Waals surface area contributed by atoms with Gasteiger partial charge >= 0.3 is 18.4 Å². The van der Waals surface area contributed by atoms with Gasteiger partial charge in [0.25, 0.3) is 0 Å². The molecule has 43 heavy (non-hydrogen) atoms. The molecule has 0 aliphatic carbocycles. The number of H-pyrrole nitrogens is 1. The first-order valence-corrected chi connectivity index (χ1v) is 14.6. The number of likely N-dealkylation sites (tertiary alicyclic amines) is 1. The Morgan fingerprint density at radius 2 is 1.81 bits per heavy atom. The smallest absolute Gasteiger partial charge is 0.478 e. The first kappa shape index (κ1) is 31.7. The van der Waals surface area contributed by atoms with E-state index < -0.39 is 30.2 Å². The van der Waals surface area contributed by atoms with E-state index in [2.05, 4.69) is 20.0 Å². The van der Waals surface area contributed by atoms with E-state index >= 15 is 0 Å². The number of alkyl halides is 3. The number of halogens is 3. The summed E-state index contributed by atoms with van der Waals surface area (Å²) in [6, 6.07) is 8.71. The minimum absolute atomic E-state index is 0.0719. The number of carbonyl (C=O) groups excluding carboxylic acids is 2. The number of nitrogens with one attached hydrogen (secondary N) is 2.